The molecule has 0 amide bonds. The quantitative estimate of drug-likeness (QED) is 0.664. The molecule has 1 aromatic carbocycles. The fourth-order valence-electron chi connectivity index (χ4n) is 1.63. The first kappa shape index (κ1) is 12.2. The summed E-state index contributed by atoms with van der Waals surface area (Å²) in [6, 6.07) is 8.63. The third-order valence-electron chi connectivity index (χ3n) is 2.61. The van der Waals surface area contributed by atoms with E-state index in [-0.39, 0.29) is 0 Å². The Morgan fingerprint density at radius 1 is 1.07 bits per heavy atom. The van der Waals surface area contributed by atoms with Gasteiger partial charge in [0.2, 0.25) is 0 Å². The molecule has 0 unspecified atom stereocenters. The van der Waals surface area contributed by atoms with Gasteiger partial charge in [0.15, 0.2) is 0 Å². The lowest BCUT2D eigenvalue weighted by atomic mass is 10.0. The molecule has 0 fully saturated rings. The van der Waals surface area contributed by atoms with Crippen molar-refractivity contribution in [1.82, 2.24) is 10.6 Å². The normalized spacial score (nSPS) is 10.5. The van der Waals surface area contributed by atoms with Crippen molar-refractivity contribution in [2.45, 2.75) is 19.8 Å². The maximum atomic E-state index is 3.41. The zero-order valence-corrected chi connectivity index (χ0v) is 9.84. The molecule has 0 aliphatic carbocycles. The van der Waals surface area contributed by atoms with Crippen LogP contribution in [0.25, 0.3) is 0 Å². The van der Waals surface area contributed by atoms with E-state index in [1.165, 1.54) is 24.0 Å². The van der Waals surface area contributed by atoms with Crippen molar-refractivity contribution < 1.29 is 0 Å². The van der Waals surface area contributed by atoms with Crippen LogP contribution in [0.2, 0.25) is 0 Å². The lowest BCUT2D eigenvalue weighted by Crippen LogP contribution is -2.25. The van der Waals surface area contributed by atoms with Crippen molar-refractivity contribution in [2.75, 3.05) is 26.7 Å². The Kier molecular flexibility index (Phi) is 6.05. The van der Waals surface area contributed by atoms with E-state index in [0.717, 1.165) is 19.6 Å². The fourth-order valence-corrected chi connectivity index (χ4v) is 1.63. The number of benzene rings is 1. The van der Waals surface area contributed by atoms with Gasteiger partial charge < -0.3 is 10.6 Å². The predicted octanol–water partition coefficient (Wildman–Crippen LogP) is 1.74. The molecule has 15 heavy (non-hydrogen) atoms. The van der Waals surface area contributed by atoms with E-state index in [2.05, 4.69) is 41.8 Å². The van der Waals surface area contributed by atoms with Crippen molar-refractivity contribution in [3.63, 3.8) is 0 Å². The van der Waals surface area contributed by atoms with Crippen molar-refractivity contribution in [3.8, 4) is 0 Å². The van der Waals surface area contributed by atoms with Gasteiger partial charge in [0.25, 0.3) is 0 Å². The van der Waals surface area contributed by atoms with Crippen LogP contribution in [0.1, 0.15) is 17.5 Å². The van der Waals surface area contributed by atoms with Crippen LogP contribution in [0.15, 0.2) is 24.3 Å². The highest BCUT2D eigenvalue weighted by Crippen LogP contribution is 2.08. The number of aryl methyl sites for hydroxylation is 2. The molecule has 0 atom stereocenters. The maximum Gasteiger partial charge on any atom is 0.00766 e. The third kappa shape index (κ3) is 4.96. The lowest BCUT2D eigenvalue weighted by Gasteiger charge is -2.06. The van der Waals surface area contributed by atoms with Gasteiger partial charge in [0.05, 0.1) is 0 Å². The first-order chi connectivity index (χ1) is 7.34. The van der Waals surface area contributed by atoms with Crippen molar-refractivity contribution >= 4 is 0 Å². The summed E-state index contributed by atoms with van der Waals surface area (Å²) in [6.07, 6.45) is 2.40. The Labute approximate surface area is 93.1 Å². The van der Waals surface area contributed by atoms with E-state index in [1.54, 1.807) is 0 Å². The van der Waals surface area contributed by atoms with Crippen LogP contribution in [-0.2, 0) is 6.42 Å². The molecule has 1 aromatic rings. The van der Waals surface area contributed by atoms with E-state index < -0.39 is 0 Å². The van der Waals surface area contributed by atoms with Crippen LogP contribution in [0, 0.1) is 6.92 Å². The van der Waals surface area contributed by atoms with Gasteiger partial charge in [-0.1, -0.05) is 24.3 Å². The monoisotopic (exact) mass is 206 g/mol. The molecule has 0 saturated heterocycles. The number of hydrogen-bond donors (Lipinski definition) is 2. The summed E-state index contributed by atoms with van der Waals surface area (Å²) in [4.78, 5) is 0. The summed E-state index contributed by atoms with van der Waals surface area (Å²) < 4.78 is 0. The highest BCUT2D eigenvalue weighted by atomic mass is 14.9. The van der Waals surface area contributed by atoms with Gasteiger partial charge >= 0.3 is 0 Å². The summed E-state index contributed by atoms with van der Waals surface area (Å²) in [6.45, 7) is 5.40. The van der Waals surface area contributed by atoms with E-state index in [1.807, 2.05) is 7.05 Å². The molecule has 0 aromatic heterocycles. The highest BCUT2D eigenvalue weighted by Gasteiger charge is 1.96. The summed E-state index contributed by atoms with van der Waals surface area (Å²) in [5.74, 6) is 0. The van der Waals surface area contributed by atoms with Gasteiger partial charge in [0.1, 0.15) is 0 Å². The predicted molar refractivity (Wildman–Crippen MR) is 66.3 cm³/mol. The van der Waals surface area contributed by atoms with E-state index >= 15 is 0 Å². The Morgan fingerprint density at radius 3 is 2.60 bits per heavy atom. The van der Waals surface area contributed by atoms with E-state index in [0.29, 0.717) is 0 Å². The molecule has 0 aliphatic heterocycles. The summed E-state index contributed by atoms with van der Waals surface area (Å²) in [5.41, 5.74) is 2.89. The molecule has 0 heterocycles. The zero-order valence-electron chi connectivity index (χ0n) is 9.84. The maximum absolute atomic E-state index is 3.41. The molecule has 84 valence electrons. The zero-order chi connectivity index (χ0) is 10.9. The molecule has 0 radical (unpaired) electrons. The lowest BCUT2D eigenvalue weighted by molar-refractivity contribution is 0.624. The number of rotatable bonds is 7. The second-order valence-electron chi connectivity index (χ2n) is 3.88. The second-order valence-corrected chi connectivity index (χ2v) is 3.88. The Hall–Kier alpha value is -0.860. The van der Waals surface area contributed by atoms with Gasteiger partial charge in [-0.3, -0.25) is 0 Å². The first-order valence-electron chi connectivity index (χ1n) is 5.74. The minimum Gasteiger partial charge on any atom is -0.318 e. The topological polar surface area (TPSA) is 24.1 Å². The van der Waals surface area contributed by atoms with Crippen LogP contribution < -0.4 is 10.6 Å². The standard InChI is InChI=1S/C13H22N2/c1-12-6-3-4-7-13(12)8-5-9-15-11-10-14-2/h3-4,6-7,14-15H,5,8-11H2,1-2H3. The Balaban J connectivity index is 2.12. The van der Waals surface area contributed by atoms with Crippen LogP contribution in [0.5, 0.6) is 0 Å². The number of likely N-dealkylation sites (N-methyl/N-ethyl adjacent to an activating group) is 1. The molecule has 0 bridgehead atoms. The van der Waals surface area contributed by atoms with Gasteiger partial charge in [0, 0.05) is 13.1 Å². The minimum atomic E-state index is 1.05. The van der Waals surface area contributed by atoms with Gasteiger partial charge in [-0.05, 0) is 44.5 Å². The van der Waals surface area contributed by atoms with Crippen LogP contribution >= 0.6 is 0 Å². The molecular weight excluding hydrogens is 184 g/mol. The molecule has 0 spiro atoms. The number of hydrogen-bond acceptors (Lipinski definition) is 2. The number of nitrogens with one attached hydrogen (secondary N) is 2. The molecule has 0 aliphatic rings. The average molecular weight is 206 g/mol. The molecule has 2 N–H and O–H groups in total. The van der Waals surface area contributed by atoms with Crippen molar-refractivity contribution in [3.05, 3.63) is 35.4 Å². The molecule has 1 rings (SSSR count). The third-order valence-corrected chi connectivity index (χ3v) is 2.61. The van der Waals surface area contributed by atoms with Gasteiger partial charge in [-0.2, -0.15) is 0 Å². The van der Waals surface area contributed by atoms with Gasteiger partial charge in [-0.15, -0.1) is 0 Å². The molecular formula is C13H22N2. The Morgan fingerprint density at radius 2 is 1.87 bits per heavy atom. The smallest absolute Gasteiger partial charge is 0.00766 e. The van der Waals surface area contributed by atoms with Crippen molar-refractivity contribution in [1.29, 1.82) is 0 Å². The molecule has 0 saturated carbocycles. The highest BCUT2D eigenvalue weighted by molar-refractivity contribution is 5.25. The molecule has 2 heteroatoms. The van der Waals surface area contributed by atoms with Crippen LogP contribution in [-0.4, -0.2) is 26.7 Å². The van der Waals surface area contributed by atoms with E-state index in [4.69, 9.17) is 0 Å². The minimum absolute atomic E-state index is 1.05. The second kappa shape index (κ2) is 7.43. The SMILES string of the molecule is CNCCNCCCc1ccccc1C. The summed E-state index contributed by atoms with van der Waals surface area (Å²) in [7, 11) is 1.98. The average Bonchev–Trinajstić information content (AvgIpc) is 2.25. The van der Waals surface area contributed by atoms with Crippen LogP contribution in [0.4, 0.5) is 0 Å². The largest absolute Gasteiger partial charge is 0.318 e. The molecule has 2 nitrogen and oxygen atoms in total. The van der Waals surface area contributed by atoms with Crippen LogP contribution in [0.3, 0.4) is 0 Å². The van der Waals surface area contributed by atoms with E-state index in [9.17, 15) is 0 Å². The Bertz CT molecular complexity index is 271. The first-order valence-corrected chi connectivity index (χ1v) is 5.74. The summed E-state index contributed by atoms with van der Waals surface area (Å²) >= 11 is 0. The van der Waals surface area contributed by atoms with Crippen molar-refractivity contribution in [2.24, 2.45) is 0 Å². The summed E-state index contributed by atoms with van der Waals surface area (Å²) in [5, 5.41) is 6.54. The van der Waals surface area contributed by atoms with Gasteiger partial charge in [-0.25, -0.2) is 0 Å². The fraction of sp³-hybridized carbons (Fsp3) is 0.538.